The second-order valence-electron chi connectivity index (χ2n) is 3.57. The van der Waals surface area contributed by atoms with Crippen LogP contribution in [0.4, 0.5) is 5.82 Å². The van der Waals surface area contributed by atoms with E-state index in [1.54, 1.807) is 0 Å². The number of hydrogen-bond acceptors (Lipinski definition) is 5. The lowest BCUT2D eigenvalue weighted by Gasteiger charge is -2.00. The highest BCUT2D eigenvalue weighted by atomic mass is 16.3. The SMILES string of the molecule is NC(=O)CCn1nc2cc(O)[nH]c(=O)c2c1N. The maximum atomic E-state index is 11.5. The molecule has 0 saturated heterocycles. The number of anilines is 1. The molecule has 2 aromatic rings. The lowest BCUT2D eigenvalue weighted by Crippen LogP contribution is -2.15. The van der Waals surface area contributed by atoms with Crippen molar-refractivity contribution in [1.29, 1.82) is 0 Å². The summed E-state index contributed by atoms with van der Waals surface area (Å²) in [4.78, 5) is 24.4. The Labute approximate surface area is 94.8 Å². The molecule has 0 spiro atoms. The summed E-state index contributed by atoms with van der Waals surface area (Å²) in [5.74, 6) is -0.634. The fourth-order valence-electron chi connectivity index (χ4n) is 1.56. The van der Waals surface area contributed by atoms with E-state index in [1.807, 2.05) is 0 Å². The van der Waals surface area contributed by atoms with Gasteiger partial charge < -0.3 is 16.6 Å². The molecular weight excluding hydrogens is 226 g/mol. The van der Waals surface area contributed by atoms with Gasteiger partial charge in [0.15, 0.2) is 5.88 Å². The molecule has 0 unspecified atom stereocenters. The predicted octanol–water partition coefficient (Wildman–Crippen LogP) is -1.11. The molecule has 0 aliphatic carbocycles. The summed E-state index contributed by atoms with van der Waals surface area (Å²) in [5, 5.41) is 13.4. The molecule has 2 rings (SSSR count). The smallest absolute Gasteiger partial charge is 0.263 e. The average Bonchev–Trinajstić information content (AvgIpc) is 2.52. The number of hydrogen-bond donors (Lipinski definition) is 4. The largest absolute Gasteiger partial charge is 0.494 e. The van der Waals surface area contributed by atoms with Crippen LogP contribution >= 0.6 is 0 Å². The van der Waals surface area contributed by atoms with Crippen molar-refractivity contribution in [2.45, 2.75) is 13.0 Å². The van der Waals surface area contributed by atoms with Gasteiger partial charge in [0.05, 0.1) is 6.54 Å². The first kappa shape index (κ1) is 11.0. The van der Waals surface area contributed by atoms with Crippen LogP contribution in [-0.2, 0) is 11.3 Å². The molecule has 90 valence electrons. The van der Waals surface area contributed by atoms with Crippen molar-refractivity contribution in [3.05, 3.63) is 16.4 Å². The topological polar surface area (TPSA) is 140 Å². The van der Waals surface area contributed by atoms with Gasteiger partial charge in [0.2, 0.25) is 5.91 Å². The van der Waals surface area contributed by atoms with Crippen LogP contribution in [-0.4, -0.2) is 25.8 Å². The Kier molecular flexibility index (Phi) is 2.47. The van der Waals surface area contributed by atoms with E-state index in [9.17, 15) is 14.7 Å². The van der Waals surface area contributed by atoms with Gasteiger partial charge in [0.25, 0.3) is 5.56 Å². The zero-order valence-electron chi connectivity index (χ0n) is 8.80. The standard InChI is InChI=1S/C9H11N5O3/c10-5(15)1-2-14-8(11)7-4(13-14)3-6(16)12-9(7)17/h3,16H,1-2,11H2,(H2,10,15)(H,12,17). The fraction of sp³-hybridized carbons (Fsp3) is 0.222. The Morgan fingerprint density at radius 3 is 2.94 bits per heavy atom. The predicted molar refractivity (Wildman–Crippen MR) is 60.2 cm³/mol. The molecule has 8 heteroatoms. The highest BCUT2D eigenvalue weighted by molar-refractivity contribution is 5.88. The van der Waals surface area contributed by atoms with E-state index < -0.39 is 11.5 Å². The highest BCUT2D eigenvalue weighted by Crippen LogP contribution is 2.18. The maximum Gasteiger partial charge on any atom is 0.263 e. The van der Waals surface area contributed by atoms with Crippen molar-refractivity contribution in [2.24, 2.45) is 5.73 Å². The number of carbonyl (C=O) groups is 1. The Balaban J connectivity index is 2.53. The molecule has 2 aromatic heterocycles. The third-order valence-corrected chi connectivity index (χ3v) is 2.33. The van der Waals surface area contributed by atoms with Gasteiger partial charge in [-0.1, -0.05) is 0 Å². The Bertz CT molecular complexity index is 642. The van der Waals surface area contributed by atoms with Crippen LogP contribution in [0.15, 0.2) is 10.9 Å². The molecule has 0 bridgehead atoms. The summed E-state index contributed by atoms with van der Waals surface area (Å²) in [5.41, 5.74) is 10.5. The number of nitrogens with zero attached hydrogens (tertiary/aromatic N) is 2. The monoisotopic (exact) mass is 237 g/mol. The number of amides is 1. The fourth-order valence-corrected chi connectivity index (χ4v) is 1.56. The van der Waals surface area contributed by atoms with E-state index in [0.29, 0.717) is 0 Å². The summed E-state index contributed by atoms with van der Waals surface area (Å²) in [6.07, 6.45) is 0.0715. The van der Waals surface area contributed by atoms with E-state index >= 15 is 0 Å². The van der Waals surface area contributed by atoms with Gasteiger partial charge in [0, 0.05) is 12.5 Å². The zero-order chi connectivity index (χ0) is 12.6. The second-order valence-corrected chi connectivity index (χ2v) is 3.57. The second kappa shape index (κ2) is 3.81. The maximum absolute atomic E-state index is 11.5. The van der Waals surface area contributed by atoms with Gasteiger partial charge in [-0.3, -0.25) is 14.6 Å². The first-order chi connectivity index (χ1) is 7.99. The zero-order valence-corrected chi connectivity index (χ0v) is 8.80. The van der Waals surface area contributed by atoms with Crippen molar-refractivity contribution < 1.29 is 9.90 Å². The van der Waals surface area contributed by atoms with Crippen LogP contribution in [0.2, 0.25) is 0 Å². The van der Waals surface area contributed by atoms with Gasteiger partial charge in [0.1, 0.15) is 16.7 Å². The van der Waals surface area contributed by atoms with Gasteiger partial charge in [-0.15, -0.1) is 0 Å². The van der Waals surface area contributed by atoms with Gasteiger partial charge in [-0.25, -0.2) is 4.68 Å². The average molecular weight is 237 g/mol. The minimum absolute atomic E-state index is 0.0715. The summed E-state index contributed by atoms with van der Waals surface area (Å²) in [6, 6.07) is 1.29. The van der Waals surface area contributed by atoms with Crippen LogP contribution in [0, 0.1) is 0 Å². The van der Waals surface area contributed by atoms with Crippen molar-refractivity contribution in [3.8, 4) is 5.88 Å². The van der Waals surface area contributed by atoms with Crippen LogP contribution < -0.4 is 17.0 Å². The number of nitrogens with two attached hydrogens (primary N) is 2. The van der Waals surface area contributed by atoms with Crippen molar-refractivity contribution in [2.75, 3.05) is 5.73 Å². The summed E-state index contributed by atoms with van der Waals surface area (Å²) in [6.45, 7) is 0.191. The molecule has 17 heavy (non-hydrogen) atoms. The van der Waals surface area contributed by atoms with Crippen molar-refractivity contribution in [3.63, 3.8) is 0 Å². The number of aromatic amines is 1. The van der Waals surface area contributed by atoms with Crippen molar-refractivity contribution in [1.82, 2.24) is 14.8 Å². The van der Waals surface area contributed by atoms with Gasteiger partial charge in [-0.05, 0) is 0 Å². The van der Waals surface area contributed by atoms with E-state index in [2.05, 4.69) is 10.1 Å². The number of aryl methyl sites for hydroxylation is 1. The van der Waals surface area contributed by atoms with E-state index in [4.69, 9.17) is 11.5 Å². The molecule has 0 aromatic carbocycles. The molecular formula is C9H11N5O3. The number of rotatable bonds is 3. The lowest BCUT2D eigenvalue weighted by atomic mass is 10.3. The number of pyridine rings is 1. The van der Waals surface area contributed by atoms with E-state index in [0.717, 1.165) is 0 Å². The normalized spacial score (nSPS) is 10.8. The minimum atomic E-state index is -0.525. The molecule has 1 amide bonds. The Hall–Kier alpha value is -2.51. The van der Waals surface area contributed by atoms with Crippen LogP contribution in [0.5, 0.6) is 5.88 Å². The van der Waals surface area contributed by atoms with Gasteiger partial charge in [-0.2, -0.15) is 5.10 Å². The molecule has 0 radical (unpaired) electrons. The summed E-state index contributed by atoms with van der Waals surface area (Å²) >= 11 is 0. The highest BCUT2D eigenvalue weighted by Gasteiger charge is 2.13. The summed E-state index contributed by atoms with van der Waals surface area (Å²) < 4.78 is 1.31. The molecule has 2 heterocycles. The number of nitrogens with one attached hydrogen (secondary N) is 1. The number of aromatic nitrogens is 3. The quantitative estimate of drug-likeness (QED) is 0.535. The number of carbonyl (C=O) groups excluding carboxylic acids is 1. The first-order valence-corrected chi connectivity index (χ1v) is 4.85. The number of H-pyrrole nitrogens is 1. The number of nitrogen functional groups attached to an aromatic ring is 1. The van der Waals surface area contributed by atoms with Crippen LogP contribution in [0.25, 0.3) is 10.9 Å². The Morgan fingerprint density at radius 2 is 2.29 bits per heavy atom. The third kappa shape index (κ3) is 1.92. The van der Waals surface area contributed by atoms with E-state index in [-0.39, 0.29) is 35.6 Å². The Morgan fingerprint density at radius 1 is 1.59 bits per heavy atom. The van der Waals surface area contributed by atoms with Crippen LogP contribution in [0.3, 0.4) is 0 Å². The van der Waals surface area contributed by atoms with Crippen LogP contribution in [0.1, 0.15) is 6.42 Å². The number of fused-ring (bicyclic) bond motifs is 1. The molecule has 6 N–H and O–H groups in total. The minimum Gasteiger partial charge on any atom is -0.494 e. The molecule has 8 nitrogen and oxygen atoms in total. The molecule has 0 aliphatic heterocycles. The van der Waals surface area contributed by atoms with Crippen molar-refractivity contribution >= 4 is 22.6 Å². The molecule has 0 saturated carbocycles. The number of primary amides is 1. The molecule has 0 aliphatic rings. The summed E-state index contributed by atoms with van der Waals surface area (Å²) in [7, 11) is 0. The molecule has 0 fully saturated rings. The first-order valence-electron chi connectivity index (χ1n) is 4.85. The molecule has 0 atom stereocenters. The third-order valence-electron chi connectivity index (χ3n) is 2.33. The lowest BCUT2D eigenvalue weighted by molar-refractivity contribution is -0.118. The van der Waals surface area contributed by atoms with Gasteiger partial charge >= 0.3 is 0 Å². The van der Waals surface area contributed by atoms with E-state index in [1.165, 1.54) is 10.7 Å². The number of aromatic hydroxyl groups is 1.